The van der Waals surface area contributed by atoms with Crippen LogP contribution in [0.4, 0.5) is 20.3 Å². The Balaban J connectivity index is 1.46. The number of benzene rings is 1. The van der Waals surface area contributed by atoms with E-state index in [1.54, 1.807) is 6.92 Å². The molecule has 0 amide bonds. The summed E-state index contributed by atoms with van der Waals surface area (Å²) in [5.74, 6) is -0.640. The van der Waals surface area contributed by atoms with E-state index in [0.29, 0.717) is 48.1 Å². The number of nitrogens with one attached hydrogen (secondary N) is 1. The summed E-state index contributed by atoms with van der Waals surface area (Å²) < 4.78 is 29.7. The highest BCUT2D eigenvalue weighted by Gasteiger charge is 2.28. The Morgan fingerprint density at radius 3 is 2.69 bits per heavy atom. The molecule has 0 aliphatic carbocycles. The number of pyridine rings is 1. The van der Waals surface area contributed by atoms with Gasteiger partial charge in [-0.15, -0.1) is 5.10 Å². The number of carbonyl (C=O) groups is 1. The first-order valence-corrected chi connectivity index (χ1v) is 12.0. The maximum Gasteiger partial charge on any atom is 0.283 e. The third-order valence-electron chi connectivity index (χ3n) is 6.56. The molecular formula is C23H25ClF2N8O. The fraction of sp³-hybridized carbons (Fsp3) is 0.435. The van der Waals surface area contributed by atoms with Crippen molar-refractivity contribution < 1.29 is 13.6 Å². The van der Waals surface area contributed by atoms with E-state index in [2.05, 4.69) is 30.7 Å². The van der Waals surface area contributed by atoms with Crippen LogP contribution in [0, 0.1) is 18.6 Å². The molecule has 2 aromatic heterocycles. The van der Waals surface area contributed by atoms with Gasteiger partial charge >= 0.3 is 0 Å². The molecule has 1 N–H and O–H groups in total. The van der Waals surface area contributed by atoms with Crippen molar-refractivity contribution in [3.63, 3.8) is 0 Å². The van der Waals surface area contributed by atoms with E-state index in [0.717, 1.165) is 38.1 Å². The second-order valence-electron chi connectivity index (χ2n) is 8.81. The number of aromatic nitrogens is 5. The number of tetrazole rings is 1. The first-order chi connectivity index (χ1) is 16.9. The maximum atomic E-state index is 14.5. The van der Waals surface area contributed by atoms with Gasteiger partial charge in [-0.2, -0.15) is 4.68 Å². The molecule has 3 aromatic rings. The van der Waals surface area contributed by atoms with Crippen LogP contribution < -0.4 is 10.2 Å². The molecule has 9 nitrogen and oxygen atoms in total. The molecule has 5 rings (SSSR count). The summed E-state index contributed by atoms with van der Waals surface area (Å²) in [5, 5.41) is 14.7. The Morgan fingerprint density at radius 1 is 1.11 bits per heavy atom. The van der Waals surface area contributed by atoms with Crippen molar-refractivity contribution in [1.82, 2.24) is 30.1 Å². The molecule has 0 spiro atoms. The van der Waals surface area contributed by atoms with Crippen molar-refractivity contribution in [2.45, 2.75) is 39.3 Å². The minimum Gasteiger partial charge on any atom is -0.367 e. The van der Waals surface area contributed by atoms with Crippen LogP contribution in [0.1, 0.15) is 46.6 Å². The zero-order valence-corrected chi connectivity index (χ0v) is 20.0. The van der Waals surface area contributed by atoms with E-state index in [1.807, 2.05) is 4.90 Å². The summed E-state index contributed by atoms with van der Waals surface area (Å²) in [5.41, 5.74) is 1.66. The summed E-state index contributed by atoms with van der Waals surface area (Å²) in [6, 6.07) is 2.07. The topological polar surface area (TPSA) is 92.1 Å². The molecule has 0 radical (unpaired) electrons. The first-order valence-electron chi connectivity index (χ1n) is 11.6. The second kappa shape index (κ2) is 9.82. The lowest BCUT2D eigenvalue weighted by Crippen LogP contribution is -2.36. The summed E-state index contributed by atoms with van der Waals surface area (Å²) >= 11 is 6.07. The Kier molecular flexibility index (Phi) is 6.61. The van der Waals surface area contributed by atoms with E-state index >= 15 is 0 Å². The molecule has 0 unspecified atom stereocenters. The smallest absolute Gasteiger partial charge is 0.283 e. The number of hydrogen-bond acceptors (Lipinski definition) is 8. The monoisotopic (exact) mass is 502 g/mol. The number of carbonyl (C=O) groups excluding carboxylic acids is 1. The second-order valence-corrected chi connectivity index (χ2v) is 9.19. The van der Waals surface area contributed by atoms with Gasteiger partial charge in [0.1, 0.15) is 17.5 Å². The molecule has 35 heavy (non-hydrogen) atoms. The van der Waals surface area contributed by atoms with Gasteiger partial charge in [-0.3, -0.25) is 9.69 Å². The number of fused-ring (bicyclic) bond motifs is 1. The molecule has 0 saturated carbocycles. The number of likely N-dealkylation sites (tertiary alicyclic amines) is 1. The molecule has 4 heterocycles. The molecule has 1 saturated heterocycles. The third kappa shape index (κ3) is 4.57. The van der Waals surface area contributed by atoms with Gasteiger partial charge in [0.15, 0.2) is 5.82 Å². The Hall–Kier alpha value is -3.18. The average Bonchev–Trinajstić information content (AvgIpc) is 3.33. The molecular weight excluding hydrogens is 478 g/mol. The van der Waals surface area contributed by atoms with Crippen molar-refractivity contribution in [1.29, 1.82) is 0 Å². The third-order valence-corrected chi connectivity index (χ3v) is 6.96. The lowest BCUT2D eigenvalue weighted by Gasteiger charge is -2.33. The number of hydrogen-bond donors (Lipinski definition) is 1. The van der Waals surface area contributed by atoms with Gasteiger partial charge < -0.3 is 10.2 Å². The van der Waals surface area contributed by atoms with Crippen LogP contribution in [0.3, 0.4) is 0 Å². The molecule has 1 aromatic carbocycles. The van der Waals surface area contributed by atoms with Gasteiger partial charge in [-0.1, -0.05) is 18.0 Å². The van der Waals surface area contributed by atoms with Crippen LogP contribution in [0.2, 0.25) is 5.02 Å². The van der Waals surface area contributed by atoms with Crippen LogP contribution >= 0.6 is 11.6 Å². The quantitative estimate of drug-likeness (QED) is 0.419. The SMILES string of the molecule is Cc1c(C(=O)n2nnnc2CN2CCCCC2)cnc2c1N(Cc1c(F)ccc(F)c1Cl)CCN2. The average molecular weight is 503 g/mol. The Labute approximate surface area is 206 Å². The van der Waals surface area contributed by atoms with E-state index in [4.69, 9.17) is 11.6 Å². The molecule has 0 bridgehead atoms. The van der Waals surface area contributed by atoms with Crippen molar-refractivity contribution in [3.05, 3.63) is 57.5 Å². The summed E-state index contributed by atoms with van der Waals surface area (Å²) in [6.07, 6.45) is 4.93. The molecule has 12 heteroatoms. The number of anilines is 2. The van der Waals surface area contributed by atoms with Crippen molar-refractivity contribution in [3.8, 4) is 0 Å². The normalized spacial score (nSPS) is 16.2. The number of piperidine rings is 1. The fourth-order valence-corrected chi connectivity index (χ4v) is 4.91. The van der Waals surface area contributed by atoms with Gasteiger partial charge in [0.05, 0.1) is 22.8 Å². The van der Waals surface area contributed by atoms with Gasteiger partial charge in [0, 0.05) is 31.4 Å². The van der Waals surface area contributed by atoms with Crippen LogP contribution in [0.5, 0.6) is 0 Å². The van der Waals surface area contributed by atoms with Gasteiger partial charge in [-0.25, -0.2) is 13.8 Å². The largest absolute Gasteiger partial charge is 0.367 e. The Bertz CT molecular complexity index is 1260. The van der Waals surface area contributed by atoms with E-state index < -0.39 is 17.5 Å². The zero-order valence-electron chi connectivity index (χ0n) is 19.3. The molecule has 2 aliphatic rings. The predicted molar refractivity (Wildman–Crippen MR) is 127 cm³/mol. The van der Waals surface area contributed by atoms with Gasteiger partial charge in [-0.05, 0) is 61.0 Å². The van der Waals surface area contributed by atoms with Crippen molar-refractivity contribution in [2.75, 3.05) is 36.4 Å². The van der Waals surface area contributed by atoms with Gasteiger partial charge in [0.2, 0.25) is 0 Å². The summed E-state index contributed by atoms with van der Waals surface area (Å²) in [4.78, 5) is 22.0. The Morgan fingerprint density at radius 2 is 1.89 bits per heavy atom. The molecule has 2 aliphatic heterocycles. The predicted octanol–water partition coefficient (Wildman–Crippen LogP) is 3.41. The maximum absolute atomic E-state index is 14.5. The van der Waals surface area contributed by atoms with Crippen LogP contribution in [-0.2, 0) is 13.1 Å². The summed E-state index contributed by atoms with van der Waals surface area (Å²) in [7, 11) is 0. The van der Waals surface area contributed by atoms with Crippen molar-refractivity contribution in [2.24, 2.45) is 0 Å². The number of rotatable bonds is 5. The lowest BCUT2D eigenvalue weighted by molar-refractivity contribution is 0.0932. The number of nitrogens with zero attached hydrogens (tertiary/aromatic N) is 7. The van der Waals surface area contributed by atoms with Crippen LogP contribution in [-0.4, -0.2) is 62.2 Å². The first kappa shape index (κ1) is 23.6. The lowest BCUT2D eigenvalue weighted by atomic mass is 10.1. The summed E-state index contributed by atoms with van der Waals surface area (Å²) in [6.45, 7) is 5.24. The fourth-order valence-electron chi connectivity index (χ4n) is 4.70. The van der Waals surface area contributed by atoms with E-state index in [9.17, 15) is 13.6 Å². The minimum absolute atomic E-state index is 0.0301. The van der Waals surface area contributed by atoms with Crippen LogP contribution in [0.15, 0.2) is 18.3 Å². The van der Waals surface area contributed by atoms with Crippen molar-refractivity contribution >= 4 is 29.0 Å². The molecule has 0 atom stereocenters. The van der Waals surface area contributed by atoms with Crippen LogP contribution in [0.25, 0.3) is 0 Å². The highest BCUT2D eigenvalue weighted by atomic mass is 35.5. The van der Waals surface area contributed by atoms with E-state index in [-0.39, 0.29) is 17.1 Å². The standard InChI is InChI=1S/C23H25ClF2N8O/c1-14-15(23(35)34-19(29-30-31-34)13-32-8-3-2-4-9-32)11-28-22-21(14)33(10-7-27-22)12-16-17(25)5-6-18(26)20(16)24/h5-6,11H,2-4,7-10,12-13H2,1H3,(H,27,28). The zero-order chi connectivity index (χ0) is 24.5. The molecule has 1 fully saturated rings. The molecule has 184 valence electrons. The van der Waals surface area contributed by atoms with E-state index in [1.165, 1.54) is 17.3 Å². The highest BCUT2D eigenvalue weighted by Crippen LogP contribution is 2.35. The minimum atomic E-state index is -0.683. The van der Waals surface area contributed by atoms with Gasteiger partial charge in [0.25, 0.3) is 5.91 Å². The number of halogens is 3. The highest BCUT2D eigenvalue weighted by molar-refractivity contribution is 6.31.